The molecule has 4 nitrogen and oxygen atoms in total. The van der Waals surface area contributed by atoms with Gasteiger partial charge in [-0.2, -0.15) is 0 Å². The van der Waals surface area contributed by atoms with Crippen molar-refractivity contribution in [1.29, 1.82) is 0 Å². The number of nitrogens with one attached hydrogen (secondary N) is 1. The second-order valence-electron chi connectivity index (χ2n) is 5.95. The Morgan fingerprint density at radius 2 is 2.10 bits per heavy atom. The number of aryl methyl sites for hydroxylation is 1. The van der Waals surface area contributed by atoms with Crippen LogP contribution in [0.1, 0.15) is 43.6 Å². The number of rotatable bonds is 4. The lowest BCUT2D eigenvalue weighted by Crippen LogP contribution is -2.42. The van der Waals surface area contributed by atoms with E-state index in [1.165, 1.54) is 0 Å². The summed E-state index contributed by atoms with van der Waals surface area (Å²) in [5.74, 6) is 1.04. The van der Waals surface area contributed by atoms with Crippen molar-refractivity contribution in [2.24, 2.45) is 11.8 Å². The molecule has 0 radical (unpaired) electrons. The summed E-state index contributed by atoms with van der Waals surface area (Å²) in [5, 5.41) is 9.19. The molecule has 0 saturated heterocycles. The molecule has 1 saturated carbocycles. The van der Waals surface area contributed by atoms with Gasteiger partial charge in [-0.25, -0.2) is 13.1 Å². The molecule has 2 rings (SSSR count). The molecule has 0 aliphatic heterocycles. The first kappa shape index (κ1) is 15.9. The van der Waals surface area contributed by atoms with Crippen LogP contribution >= 0.6 is 11.3 Å². The van der Waals surface area contributed by atoms with Crippen molar-refractivity contribution in [3.05, 3.63) is 16.5 Å². The lowest BCUT2D eigenvalue weighted by Gasteiger charge is -2.32. The largest absolute Gasteiger partial charge is 0.391 e. The summed E-state index contributed by atoms with van der Waals surface area (Å²) in [6, 6.07) is 1.67. The minimum Gasteiger partial charge on any atom is -0.391 e. The molecule has 1 aromatic rings. The predicted octanol–water partition coefficient (Wildman–Crippen LogP) is 2.65. The zero-order chi connectivity index (χ0) is 14.9. The topological polar surface area (TPSA) is 66.4 Å². The van der Waals surface area contributed by atoms with Gasteiger partial charge in [0.25, 0.3) is 0 Å². The Labute approximate surface area is 125 Å². The molecule has 1 aliphatic carbocycles. The number of aliphatic hydroxyl groups excluding tert-OH is 1. The van der Waals surface area contributed by atoms with E-state index in [1.807, 2.05) is 6.92 Å². The van der Waals surface area contributed by atoms with E-state index in [4.69, 9.17) is 0 Å². The molecular weight excluding hydrogens is 294 g/mol. The third kappa shape index (κ3) is 3.42. The number of thiophene rings is 1. The molecule has 0 amide bonds. The zero-order valence-corrected chi connectivity index (χ0v) is 13.9. The van der Waals surface area contributed by atoms with Crippen molar-refractivity contribution in [3.63, 3.8) is 0 Å². The highest BCUT2D eigenvalue weighted by Crippen LogP contribution is 2.31. The molecule has 1 heterocycles. The monoisotopic (exact) mass is 317 g/mol. The van der Waals surface area contributed by atoms with Gasteiger partial charge < -0.3 is 5.11 Å². The number of hydrogen-bond donors (Lipinski definition) is 2. The molecule has 0 bridgehead atoms. The van der Waals surface area contributed by atoms with Crippen LogP contribution in [-0.2, 0) is 16.6 Å². The van der Waals surface area contributed by atoms with Crippen LogP contribution in [0.25, 0.3) is 0 Å². The van der Waals surface area contributed by atoms with Crippen LogP contribution in [0.15, 0.2) is 10.3 Å². The number of sulfonamides is 1. The average molecular weight is 317 g/mol. The number of aliphatic hydroxyl groups is 1. The standard InChI is InChI=1S/C14H23NO3S2/c1-9-4-5-12(10(2)6-9)15-20(17,18)14-7-11(3)13(8-16)19-14/h7,9-10,12,15-16H,4-6,8H2,1-3H3. The van der Waals surface area contributed by atoms with Crippen LogP contribution in [0.2, 0.25) is 0 Å². The maximum absolute atomic E-state index is 12.4. The highest BCUT2D eigenvalue weighted by Gasteiger charge is 2.30. The summed E-state index contributed by atoms with van der Waals surface area (Å²) < 4.78 is 28.0. The van der Waals surface area contributed by atoms with Crippen LogP contribution in [0.3, 0.4) is 0 Å². The SMILES string of the molecule is Cc1cc(S(=O)(=O)NC2CCC(C)CC2C)sc1CO. The Bertz CT molecular complexity index is 565. The van der Waals surface area contributed by atoms with Crippen molar-refractivity contribution in [2.75, 3.05) is 0 Å². The molecule has 20 heavy (non-hydrogen) atoms. The fourth-order valence-corrected chi connectivity index (χ4v) is 5.72. The van der Waals surface area contributed by atoms with Gasteiger partial charge in [0, 0.05) is 10.9 Å². The minimum atomic E-state index is -3.46. The van der Waals surface area contributed by atoms with Gasteiger partial charge >= 0.3 is 0 Å². The summed E-state index contributed by atoms with van der Waals surface area (Å²) in [7, 11) is -3.46. The van der Waals surface area contributed by atoms with E-state index in [9.17, 15) is 13.5 Å². The maximum atomic E-state index is 12.4. The second kappa shape index (κ2) is 6.13. The summed E-state index contributed by atoms with van der Waals surface area (Å²) in [6.45, 7) is 6.05. The van der Waals surface area contributed by atoms with E-state index in [0.717, 1.165) is 41.0 Å². The van der Waals surface area contributed by atoms with Crippen LogP contribution in [0, 0.1) is 18.8 Å². The van der Waals surface area contributed by atoms with Gasteiger partial charge in [0.15, 0.2) is 0 Å². The first-order chi connectivity index (χ1) is 9.33. The van der Waals surface area contributed by atoms with Crippen LogP contribution in [0.4, 0.5) is 0 Å². The van der Waals surface area contributed by atoms with Crippen molar-refractivity contribution in [3.8, 4) is 0 Å². The molecule has 114 valence electrons. The minimum absolute atomic E-state index is 0.0242. The smallest absolute Gasteiger partial charge is 0.250 e. The Morgan fingerprint density at radius 3 is 2.65 bits per heavy atom. The van der Waals surface area contributed by atoms with Crippen LogP contribution in [0.5, 0.6) is 0 Å². The summed E-state index contributed by atoms with van der Waals surface area (Å²) in [5.41, 5.74) is 0.836. The molecule has 0 aromatic carbocycles. The Kier molecular flexibility index (Phi) is 4.89. The lowest BCUT2D eigenvalue weighted by atomic mass is 9.80. The van der Waals surface area contributed by atoms with Gasteiger partial charge in [0.05, 0.1) is 6.61 Å². The van der Waals surface area contributed by atoms with Gasteiger partial charge in [-0.15, -0.1) is 11.3 Å². The predicted molar refractivity (Wildman–Crippen MR) is 81.3 cm³/mol. The molecule has 1 aliphatic rings. The fraction of sp³-hybridized carbons (Fsp3) is 0.714. The van der Waals surface area contributed by atoms with Crippen molar-refractivity contribution in [1.82, 2.24) is 4.72 Å². The van der Waals surface area contributed by atoms with Crippen molar-refractivity contribution < 1.29 is 13.5 Å². The van der Waals surface area contributed by atoms with Crippen molar-refractivity contribution >= 4 is 21.4 Å². The van der Waals surface area contributed by atoms with Gasteiger partial charge in [0.1, 0.15) is 4.21 Å². The first-order valence-electron chi connectivity index (χ1n) is 7.06. The lowest BCUT2D eigenvalue weighted by molar-refractivity contribution is 0.249. The molecule has 0 spiro atoms. The normalized spacial score (nSPS) is 27.7. The molecular formula is C14H23NO3S2. The molecule has 2 N–H and O–H groups in total. The Hall–Kier alpha value is -0.430. The Morgan fingerprint density at radius 1 is 1.40 bits per heavy atom. The molecule has 3 unspecified atom stereocenters. The average Bonchev–Trinajstić information content (AvgIpc) is 2.75. The van der Waals surface area contributed by atoms with E-state index in [1.54, 1.807) is 6.07 Å². The fourth-order valence-electron chi connectivity index (χ4n) is 2.88. The van der Waals surface area contributed by atoms with Crippen molar-refractivity contribution in [2.45, 2.75) is 56.9 Å². The molecule has 6 heteroatoms. The zero-order valence-electron chi connectivity index (χ0n) is 12.2. The summed E-state index contributed by atoms with van der Waals surface area (Å²) >= 11 is 1.16. The Balaban J connectivity index is 2.14. The summed E-state index contributed by atoms with van der Waals surface area (Å²) in [4.78, 5) is 0.718. The van der Waals surface area contributed by atoms with Gasteiger partial charge in [-0.1, -0.05) is 13.8 Å². The maximum Gasteiger partial charge on any atom is 0.250 e. The quantitative estimate of drug-likeness (QED) is 0.897. The van der Waals surface area contributed by atoms with Gasteiger partial charge in [-0.05, 0) is 49.7 Å². The highest BCUT2D eigenvalue weighted by molar-refractivity contribution is 7.91. The molecule has 1 fully saturated rings. The summed E-state index contributed by atoms with van der Waals surface area (Å²) in [6.07, 6.45) is 3.04. The van der Waals surface area contributed by atoms with E-state index < -0.39 is 10.0 Å². The third-order valence-electron chi connectivity index (χ3n) is 4.14. The van der Waals surface area contributed by atoms with E-state index in [2.05, 4.69) is 18.6 Å². The van der Waals surface area contributed by atoms with E-state index in [0.29, 0.717) is 16.0 Å². The van der Waals surface area contributed by atoms with E-state index >= 15 is 0 Å². The molecule has 1 aromatic heterocycles. The van der Waals surface area contributed by atoms with Gasteiger partial charge in [-0.3, -0.25) is 0 Å². The third-order valence-corrected chi connectivity index (χ3v) is 7.33. The molecule has 3 atom stereocenters. The van der Waals surface area contributed by atoms with Crippen LogP contribution in [-0.4, -0.2) is 19.6 Å². The second-order valence-corrected chi connectivity index (χ2v) is 9.03. The van der Waals surface area contributed by atoms with Crippen LogP contribution < -0.4 is 4.72 Å². The van der Waals surface area contributed by atoms with Gasteiger partial charge in [0.2, 0.25) is 10.0 Å². The first-order valence-corrected chi connectivity index (χ1v) is 9.36. The van der Waals surface area contributed by atoms with E-state index in [-0.39, 0.29) is 12.6 Å². The highest BCUT2D eigenvalue weighted by atomic mass is 32.2. The number of hydrogen-bond acceptors (Lipinski definition) is 4.